The highest BCUT2D eigenvalue weighted by molar-refractivity contribution is 7.92. The highest BCUT2D eigenvalue weighted by Crippen LogP contribution is 2.26. The van der Waals surface area contributed by atoms with Crippen molar-refractivity contribution in [3.05, 3.63) is 87.5 Å². The Hall–Kier alpha value is -3.43. The van der Waals surface area contributed by atoms with E-state index >= 15 is 0 Å². The number of sulfonamides is 1. The Balaban J connectivity index is 1.66. The minimum atomic E-state index is -3.98. The number of fused-ring (bicyclic) bond motifs is 1. The zero-order valence-electron chi connectivity index (χ0n) is 18.4. The van der Waals surface area contributed by atoms with Crippen LogP contribution in [0.4, 0.5) is 11.4 Å². The maximum absolute atomic E-state index is 13.4. The number of thiazole rings is 1. The fourth-order valence-electron chi connectivity index (χ4n) is 3.46. The molecule has 4 rings (SSSR count). The molecule has 33 heavy (non-hydrogen) atoms. The van der Waals surface area contributed by atoms with E-state index in [1.54, 1.807) is 60.1 Å². The summed E-state index contributed by atoms with van der Waals surface area (Å²) in [6.07, 6.45) is 0. The largest absolute Gasteiger partial charge is 0.324 e. The summed E-state index contributed by atoms with van der Waals surface area (Å²) in [6, 6.07) is 18.5. The molecule has 1 heterocycles. The Bertz CT molecular complexity index is 1510. The Morgan fingerprint density at radius 1 is 1.00 bits per heavy atom. The molecule has 0 unspecified atom stereocenters. The average molecular weight is 482 g/mol. The van der Waals surface area contributed by atoms with Gasteiger partial charge in [-0.3, -0.25) is 13.9 Å². The molecular formula is C24H23N3O4S2. The number of anilines is 2. The summed E-state index contributed by atoms with van der Waals surface area (Å²) in [4.78, 5) is 24.9. The Morgan fingerprint density at radius 2 is 1.73 bits per heavy atom. The summed E-state index contributed by atoms with van der Waals surface area (Å²) in [6.45, 7) is 3.44. The predicted molar refractivity (Wildman–Crippen MR) is 133 cm³/mol. The van der Waals surface area contributed by atoms with E-state index in [1.807, 2.05) is 19.9 Å². The van der Waals surface area contributed by atoms with Crippen LogP contribution in [-0.4, -0.2) is 25.4 Å². The summed E-state index contributed by atoms with van der Waals surface area (Å²) in [5.74, 6) is -0.490. The third kappa shape index (κ3) is 4.55. The van der Waals surface area contributed by atoms with Crippen molar-refractivity contribution in [3.8, 4) is 0 Å². The molecule has 0 fully saturated rings. The Kier molecular flexibility index (Phi) is 6.09. The first-order valence-electron chi connectivity index (χ1n) is 10.2. The third-order valence-corrected chi connectivity index (χ3v) is 8.26. The second-order valence-electron chi connectivity index (χ2n) is 7.75. The molecule has 0 spiro atoms. The highest BCUT2D eigenvalue weighted by Gasteiger charge is 2.27. The smallest absolute Gasteiger partial charge is 0.307 e. The molecule has 0 aliphatic carbocycles. The van der Waals surface area contributed by atoms with Crippen LogP contribution in [0, 0.1) is 13.8 Å². The van der Waals surface area contributed by atoms with E-state index in [2.05, 4.69) is 5.32 Å². The third-order valence-electron chi connectivity index (χ3n) is 5.47. The van der Waals surface area contributed by atoms with E-state index in [-0.39, 0.29) is 9.77 Å². The van der Waals surface area contributed by atoms with Gasteiger partial charge in [-0.15, -0.1) is 0 Å². The number of benzene rings is 3. The summed E-state index contributed by atoms with van der Waals surface area (Å²) in [5.41, 5.74) is 3.62. The van der Waals surface area contributed by atoms with Gasteiger partial charge < -0.3 is 9.88 Å². The maximum atomic E-state index is 13.4. The zero-order chi connectivity index (χ0) is 23.8. The van der Waals surface area contributed by atoms with Crippen LogP contribution in [0.25, 0.3) is 10.2 Å². The normalized spacial score (nSPS) is 11.5. The fraction of sp³-hybridized carbons (Fsp3) is 0.167. The van der Waals surface area contributed by atoms with Gasteiger partial charge in [-0.1, -0.05) is 35.6 Å². The highest BCUT2D eigenvalue weighted by atomic mass is 32.2. The van der Waals surface area contributed by atoms with Gasteiger partial charge in [0.1, 0.15) is 6.54 Å². The summed E-state index contributed by atoms with van der Waals surface area (Å²) < 4.78 is 30.3. The van der Waals surface area contributed by atoms with Gasteiger partial charge in [-0.25, -0.2) is 8.42 Å². The Labute approximate surface area is 196 Å². The van der Waals surface area contributed by atoms with Crippen molar-refractivity contribution in [3.63, 3.8) is 0 Å². The van der Waals surface area contributed by atoms with Crippen molar-refractivity contribution in [2.75, 3.05) is 16.2 Å². The van der Waals surface area contributed by atoms with Gasteiger partial charge in [0, 0.05) is 12.7 Å². The second-order valence-corrected chi connectivity index (χ2v) is 10.6. The van der Waals surface area contributed by atoms with Crippen LogP contribution in [0.1, 0.15) is 11.1 Å². The number of carbonyl (C=O) groups excluding carboxylic acids is 1. The number of hydrogen-bond donors (Lipinski definition) is 1. The van der Waals surface area contributed by atoms with Gasteiger partial charge in [-0.05, 0) is 67.4 Å². The molecule has 0 aliphatic heterocycles. The van der Waals surface area contributed by atoms with Crippen molar-refractivity contribution in [1.82, 2.24) is 4.57 Å². The first kappa shape index (κ1) is 22.8. The molecule has 1 aromatic heterocycles. The van der Waals surface area contributed by atoms with E-state index in [9.17, 15) is 18.0 Å². The van der Waals surface area contributed by atoms with Gasteiger partial charge in [0.05, 0.1) is 20.8 Å². The van der Waals surface area contributed by atoms with Crippen molar-refractivity contribution < 1.29 is 13.2 Å². The molecule has 1 amide bonds. The van der Waals surface area contributed by atoms with Crippen LogP contribution in [0.15, 0.2) is 76.4 Å². The molecule has 9 heteroatoms. The quantitative estimate of drug-likeness (QED) is 0.450. The van der Waals surface area contributed by atoms with E-state index in [1.165, 1.54) is 12.1 Å². The van der Waals surface area contributed by atoms with Crippen LogP contribution in [0.5, 0.6) is 0 Å². The van der Waals surface area contributed by atoms with Crippen LogP contribution < -0.4 is 14.5 Å². The second kappa shape index (κ2) is 8.84. The van der Waals surface area contributed by atoms with Gasteiger partial charge >= 0.3 is 4.87 Å². The molecule has 0 saturated heterocycles. The van der Waals surface area contributed by atoms with Crippen LogP contribution in [0.2, 0.25) is 0 Å². The lowest BCUT2D eigenvalue weighted by Gasteiger charge is -2.25. The van der Waals surface area contributed by atoms with E-state index in [0.29, 0.717) is 11.4 Å². The fourth-order valence-corrected chi connectivity index (χ4v) is 5.81. The molecule has 0 bridgehead atoms. The molecule has 0 atom stereocenters. The SMILES string of the molecule is Cc1ccc(N(CC(=O)Nc2ccc3c(c2)sc(=O)n3C)S(=O)(=O)c2ccccc2)cc1C. The molecular weight excluding hydrogens is 458 g/mol. The first-order valence-corrected chi connectivity index (χ1v) is 12.5. The van der Waals surface area contributed by atoms with Crippen LogP contribution in [0.3, 0.4) is 0 Å². The molecule has 7 nitrogen and oxygen atoms in total. The molecule has 1 N–H and O–H groups in total. The van der Waals surface area contributed by atoms with Gasteiger partial charge in [-0.2, -0.15) is 0 Å². The number of nitrogens with one attached hydrogen (secondary N) is 1. The van der Waals surface area contributed by atoms with Crippen LogP contribution >= 0.6 is 11.3 Å². The number of carbonyl (C=O) groups is 1. The number of hydrogen-bond acceptors (Lipinski definition) is 5. The lowest BCUT2D eigenvalue weighted by atomic mass is 10.1. The number of aryl methyl sites for hydroxylation is 3. The maximum Gasteiger partial charge on any atom is 0.307 e. The zero-order valence-corrected chi connectivity index (χ0v) is 20.0. The molecule has 0 saturated carbocycles. The lowest BCUT2D eigenvalue weighted by Crippen LogP contribution is -2.38. The standard InChI is InChI=1S/C24H23N3O4S2/c1-16-9-11-19(13-17(16)2)27(33(30,31)20-7-5-4-6-8-20)15-23(28)25-18-10-12-21-22(14-18)32-24(29)26(21)3/h4-14H,15H2,1-3H3,(H,25,28). The topological polar surface area (TPSA) is 88.5 Å². The Morgan fingerprint density at radius 3 is 2.42 bits per heavy atom. The minimum absolute atomic E-state index is 0.0941. The molecule has 0 aliphatic rings. The van der Waals surface area contributed by atoms with Crippen LogP contribution in [-0.2, 0) is 21.9 Å². The van der Waals surface area contributed by atoms with Crippen molar-refractivity contribution in [2.24, 2.45) is 7.05 Å². The van der Waals surface area contributed by atoms with E-state index < -0.39 is 22.5 Å². The summed E-state index contributed by atoms with van der Waals surface area (Å²) in [7, 11) is -2.29. The number of rotatable bonds is 6. The van der Waals surface area contributed by atoms with Crippen molar-refractivity contribution in [1.29, 1.82) is 0 Å². The van der Waals surface area contributed by atoms with E-state index in [4.69, 9.17) is 0 Å². The van der Waals surface area contributed by atoms with Gasteiger partial charge in [0.2, 0.25) is 5.91 Å². The minimum Gasteiger partial charge on any atom is -0.324 e. The monoisotopic (exact) mass is 481 g/mol. The van der Waals surface area contributed by atoms with E-state index in [0.717, 1.165) is 37.0 Å². The molecule has 3 aromatic carbocycles. The predicted octanol–water partition coefficient (Wildman–Crippen LogP) is 4.05. The van der Waals surface area contributed by atoms with Gasteiger partial charge in [0.25, 0.3) is 10.0 Å². The van der Waals surface area contributed by atoms with Crippen molar-refractivity contribution >= 4 is 48.9 Å². The summed E-state index contributed by atoms with van der Waals surface area (Å²) >= 11 is 1.09. The average Bonchev–Trinajstić information content (AvgIpc) is 3.07. The van der Waals surface area contributed by atoms with Gasteiger partial charge in [0.15, 0.2) is 0 Å². The molecule has 170 valence electrons. The number of aromatic nitrogens is 1. The van der Waals surface area contributed by atoms with Crippen molar-refractivity contribution in [2.45, 2.75) is 18.7 Å². The number of nitrogens with zero attached hydrogens (tertiary/aromatic N) is 2. The summed E-state index contributed by atoms with van der Waals surface area (Å²) in [5, 5.41) is 2.76. The molecule has 4 aromatic rings. The first-order chi connectivity index (χ1) is 15.7. The molecule has 0 radical (unpaired) electrons. The lowest BCUT2D eigenvalue weighted by molar-refractivity contribution is -0.114. The number of amides is 1.